The van der Waals surface area contributed by atoms with Crippen LogP contribution in [-0.2, 0) is 0 Å². The molecule has 4 rings (SSSR count). The van der Waals surface area contributed by atoms with Crippen molar-refractivity contribution in [3.05, 3.63) is 29.8 Å². The summed E-state index contributed by atoms with van der Waals surface area (Å²) in [6, 6.07) is 8.22. The van der Waals surface area contributed by atoms with E-state index in [1.807, 2.05) is 19.1 Å². The smallest absolute Gasteiger partial charge is 0.119 e. The molecule has 22 heavy (non-hydrogen) atoms. The molecule has 0 amide bonds. The van der Waals surface area contributed by atoms with Crippen LogP contribution in [-0.4, -0.2) is 6.61 Å². The van der Waals surface area contributed by atoms with Gasteiger partial charge in [-0.25, -0.2) is 0 Å². The maximum Gasteiger partial charge on any atom is 0.119 e. The Morgan fingerprint density at radius 1 is 0.955 bits per heavy atom. The van der Waals surface area contributed by atoms with E-state index in [4.69, 9.17) is 4.74 Å². The second kappa shape index (κ2) is 6.37. The molecule has 3 fully saturated rings. The molecule has 0 heterocycles. The summed E-state index contributed by atoms with van der Waals surface area (Å²) in [6.45, 7) is 5.06. The van der Waals surface area contributed by atoms with Crippen molar-refractivity contribution < 1.29 is 4.74 Å². The molecular weight excluding hydrogens is 268 g/mol. The molecule has 0 unspecified atom stereocenters. The highest BCUT2D eigenvalue weighted by molar-refractivity contribution is 5.39. The Balaban J connectivity index is 1.67. The largest absolute Gasteiger partial charge is 0.494 e. The Hall–Kier alpha value is -1.42. The average Bonchev–Trinajstić information content (AvgIpc) is 2.57. The zero-order valence-corrected chi connectivity index (χ0v) is 14.1. The molecule has 3 aliphatic carbocycles. The first-order valence-corrected chi connectivity index (χ1v) is 8.95. The molecule has 0 N–H and O–H groups in total. The lowest BCUT2D eigenvalue weighted by molar-refractivity contribution is 0.0200. The van der Waals surface area contributed by atoms with Crippen molar-refractivity contribution in [2.45, 2.75) is 65.2 Å². The van der Waals surface area contributed by atoms with Crippen molar-refractivity contribution in [1.82, 2.24) is 0 Å². The maximum absolute atomic E-state index is 5.49. The highest BCUT2D eigenvalue weighted by Gasteiger charge is 2.47. The van der Waals surface area contributed by atoms with Crippen molar-refractivity contribution in [3.8, 4) is 17.6 Å². The number of ether oxygens (including phenoxy) is 1. The third kappa shape index (κ3) is 3.17. The number of benzene rings is 1. The van der Waals surface area contributed by atoms with Crippen molar-refractivity contribution in [1.29, 1.82) is 0 Å². The first kappa shape index (κ1) is 15.5. The standard InChI is InChI=1S/C21H28O/c1-3-10-20-12-15-21(16-13-20,17-14-20)11-9-18-5-7-19(8-6-18)22-4-2/h5-8H,3-4,10,12-17H2,1-2H3. The molecule has 2 bridgehead atoms. The van der Waals surface area contributed by atoms with Crippen LogP contribution < -0.4 is 4.74 Å². The Morgan fingerprint density at radius 2 is 1.59 bits per heavy atom. The van der Waals surface area contributed by atoms with Gasteiger partial charge in [0, 0.05) is 11.0 Å². The summed E-state index contributed by atoms with van der Waals surface area (Å²) in [7, 11) is 0. The minimum absolute atomic E-state index is 0.314. The zero-order valence-electron chi connectivity index (χ0n) is 14.1. The van der Waals surface area contributed by atoms with E-state index in [9.17, 15) is 0 Å². The van der Waals surface area contributed by atoms with Gasteiger partial charge in [0.15, 0.2) is 0 Å². The number of hydrogen-bond acceptors (Lipinski definition) is 1. The molecule has 0 saturated heterocycles. The van der Waals surface area contributed by atoms with Gasteiger partial charge >= 0.3 is 0 Å². The molecular formula is C21H28O. The quantitative estimate of drug-likeness (QED) is 0.659. The summed E-state index contributed by atoms with van der Waals surface area (Å²) in [4.78, 5) is 0. The summed E-state index contributed by atoms with van der Waals surface area (Å²) in [5, 5.41) is 0. The summed E-state index contributed by atoms with van der Waals surface area (Å²) in [5.41, 5.74) is 2.11. The van der Waals surface area contributed by atoms with E-state index < -0.39 is 0 Å². The van der Waals surface area contributed by atoms with Gasteiger partial charge in [-0.2, -0.15) is 0 Å². The topological polar surface area (TPSA) is 9.23 Å². The molecule has 1 aromatic carbocycles. The first-order chi connectivity index (χ1) is 10.7. The van der Waals surface area contributed by atoms with E-state index in [1.54, 1.807) is 0 Å². The first-order valence-electron chi connectivity index (χ1n) is 8.95. The molecule has 3 saturated carbocycles. The molecule has 0 aromatic heterocycles. The predicted octanol–water partition coefficient (Wildman–Crippen LogP) is 5.58. The van der Waals surface area contributed by atoms with Gasteiger partial charge in [-0.1, -0.05) is 25.2 Å². The van der Waals surface area contributed by atoms with E-state index in [1.165, 1.54) is 51.4 Å². The van der Waals surface area contributed by atoms with E-state index in [0.29, 0.717) is 17.4 Å². The molecule has 1 heteroatoms. The van der Waals surface area contributed by atoms with Gasteiger partial charge in [0.05, 0.1) is 6.61 Å². The van der Waals surface area contributed by atoms with Crippen LogP contribution in [0.2, 0.25) is 0 Å². The fourth-order valence-electron chi connectivity index (χ4n) is 4.36. The Bertz CT molecular complexity index is 533. The zero-order chi connectivity index (χ0) is 15.5. The van der Waals surface area contributed by atoms with Gasteiger partial charge in [0.1, 0.15) is 5.75 Å². The van der Waals surface area contributed by atoms with Gasteiger partial charge in [0.2, 0.25) is 0 Å². The van der Waals surface area contributed by atoms with Crippen molar-refractivity contribution in [2.24, 2.45) is 10.8 Å². The Labute approximate surface area is 135 Å². The fourth-order valence-corrected chi connectivity index (χ4v) is 4.36. The second-order valence-electron chi connectivity index (χ2n) is 7.24. The normalized spacial score (nSPS) is 29.7. The molecule has 1 aromatic rings. The predicted molar refractivity (Wildman–Crippen MR) is 92.0 cm³/mol. The van der Waals surface area contributed by atoms with Crippen LogP contribution in [0.25, 0.3) is 0 Å². The van der Waals surface area contributed by atoms with Crippen LogP contribution >= 0.6 is 0 Å². The lowest BCUT2D eigenvalue weighted by Crippen LogP contribution is -2.40. The van der Waals surface area contributed by atoms with Crippen molar-refractivity contribution in [2.75, 3.05) is 6.61 Å². The summed E-state index contributed by atoms with van der Waals surface area (Å²) in [5.74, 6) is 8.03. The van der Waals surface area contributed by atoms with Crippen molar-refractivity contribution >= 4 is 0 Å². The summed E-state index contributed by atoms with van der Waals surface area (Å²) >= 11 is 0. The highest BCUT2D eigenvalue weighted by atomic mass is 16.5. The lowest BCUT2D eigenvalue weighted by atomic mass is 9.53. The van der Waals surface area contributed by atoms with E-state index in [0.717, 1.165) is 11.3 Å². The molecule has 118 valence electrons. The third-order valence-electron chi connectivity index (χ3n) is 5.82. The molecule has 0 atom stereocenters. The van der Waals surface area contributed by atoms with Gasteiger partial charge in [-0.05, 0) is 81.5 Å². The second-order valence-corrected chi connectivity index (χ2v) is 7.24. The molecule has 0 spiro atoms. The average molecular weight is 296 g/mol. The number of fused-ring (bicyclic) bond motifs is 3. The van der Waals surface area contributed by atoms with Crippen LogP contribution in [0.3, 0.4) is 0 Å². The van der Waals surface area contributed by atoms with Crippen LogP contribution in [0.4, 0.5) is 0 Å². The fraction of sp³-hybridized carbons (Fsp3) is 0.619. The minimum Gasteiger partial charge on any atom is -0.494 e. The Kier molecular flexibility index (Phi) is 4.48. The molecule has 0 aliphatic heterocycles. The number of hydrogen-bond donors (Lipinski definition) is 0. The van der Waals surface area contributed by atoms with Crippen LogP contribution in [0, 0.1) is 22.7 Å². The van der Waals surface area contributed by atoms with Gasteiger partial charge in [-0.15, -0.1) is 0 Å². The van der Waals surface area contributed by atoms with E-state index in [-0.39, 0.29) is 0 Å². The van der Waals surface area contributed by atoms with Gasteiger partial charge in [0.25, 0.3) is 0 Å². The van der Waals surface area contributed by atoms with E-state index in [2.05, 4.69) is 30.9 Å². The molecule has 1 nitrogen and oxygen atoms in total. The highest BCUT2D eigenvalue weighted by Crippen LogP contribution is 2.58. The van der Waals surface area contributed by atoms with Crippen molar-refractivity contribution in [3.63, 3.8) is 0 Å². The minimum atomic E-state index is 0.314. The van der Waals surface area contributed by atoms with Gasteiger partial charge < -0.3 is 4.74 Å². The summed E-state index contributed by atoms with van der Waals surface area (Å²) < 4.78 is 5.49. The van der Waals surface area contributed by atoms with Crippen LogP contribution in [0.5, 0.6) is 5.75 Å². The van der Waals surface area contributed by atoms with Crippen LogP contribution in [0.15, 0.2) is 24.3 Å². The maximum atomic E-state index is 5.49. The Morgan fingerprint density at radius 3 is 2.14 bits per heavy atom. The third-order valence-corrected chi connectivity index (χ3v) is 5.82. The molecule has 0 radical (unpaired) electrons. The van der Waals surface area contributed by atoms with E-state index >= 15 is 0 Å². The van der Waals surface area contributed by atoms with Gasteiger partial charge in [-0.3, -0.25) is 0 Å². The SMILES string of the molecule is CCCC12CCC(C#Cc3ccc(OCC)cc3)(CC1)CC2. The summed E-state index contributed by atoms with van der Waals surface area (Å²) in [6.07, 6.45) is 10.9. The molecule has 3 aliphatic rings. The monoisotopic (exact) mass is 296 g/mol. The lowest BCUT2D eigenvalue weighted by Gasteiger charge is -2.51. The van der Waals surface area contributed by atoms with Crippen LogP contribution in [0.1, 0.15) is 70.8 Å². The number of rotatable bonds is 4.